The average molecular weight is 431 g/mol. The van der Waals surface area contributed by atoms with Gasteiger partial charge in [-0.05, 0) is 26.2 Å². The Morgan fingerprint density at radius 2 is 1.80 bits per heavy atom. The quantitative estimate of drug-likeness (QED) is 0.425. The average Bonchev–Trinajstić information content (AvgIpc) is 3.26. The van der Waals surface area contributed by atoms with Gasteiger partial charge in [-0.25, -0.2) is 8.78 Å². The van der Waals surface area contributed by atoms with Crippen molar-refractivity contribution in [1.29, 1.82) is 0 Å². The van der Waals surface area contributed by atoms with Crippen LogP contribution in [-0.2, 0) is 33.4 Å². The van der Waals surface area contributed by atoms with Gasteiger partial charge in [0.05, 0.1) is 37.8 Å². The summed E-state index contributed by atoms with van der Waals surface area (Å²) in [5.74, 6) is -6.94. The van der Waals surface area contributed by atoms with Gasteiger partial charge in [-0.2, -0.15) is 0 Å². The zero-order chi connectivity index (χ0) is 22.4. The molecule has 168 valence electrons. The van der Waals surface area contributed by atoms with Crippen LogP contribution < -0.4 is 0 Å². The molecular weight excluding hydrogens is 404 g/mol. The van der Waals surface area contributed by atoms with E-state index in [-0.39, 0.29) is 36.2 Å². The maximum atomic E-state index is 13.0. The Kier molecular flexibility index (Phi) is 6.06. The molecule has 0 aromatic heterocycles. The number of likely N-dealkylation sites (tertiary alicyclic amines) is 1. The smallest absolute Gasteiger partial charge is 0.309 e. The van der Waals surface area contributed by atoms with Gasteiger partial charge >= 0.3 is 17.9 Å². The van der Waals surface area contributed by atoms with Crippen LogP contribution in [0.15, 0.2) is 0 Å². The Morgan fingerprint density at radius 3 is 2.37 bits per heavy atom. The number of methoxy groups -OCH3 is 1. The molecule has 1 aliphatic heterocycles. The Hall–Kier alpha value is -2.26. The second kappa shape index (κ2) is 8.11. The van der Waals surface area contributed by atoms with E-state index in [4.69, 9.17) is 9.47 Å². The summed E-state index contributed by atoms with van der Waals surface area (Å²) in [6.07, 6.45) is -0.824. The molecule has 0 aromatic rings. The van der Waals surface area contributed by atoms with Crippen LogP contribution in [0, 0.1) is 23.7 Å². The number of alkyl halides is 2. The molecular formula is C20H27F2NO7. The van der Waals surface area contributed by atoms with Crippen molar-refractivity contribution in [3.8, 4) is 0 Å². The lowest BCUT2D eigenvalue weighted by molar-refractivity contribution is -0.164. The fourth-order valence-corrected chi connectivity index (χ4v) is 5.26. The molecule has 6 atom stereocenters. The largest absolute Gasteiger partial charge is 0.469 e. The third kappa shape index (κ3) is 4.00. The summed E-state index contributed by atoms with van der Waals surface area (Å²) in [5.41, 5.74) is 0. The summed E-state index contributed by atoms with van der Waals surface area (Å²) in [6.45, 7) is 3.30. The molecule has 10 heteroatoms. The first kappa shape index (κ1) is 22.4. The minimum atomic E-state index is -3.14. The third-order valence-electron chi connectivity index (χ3n) is 6.23. The highest BCUT2D eigenvalue weighted by Gasteiger charge is 2.71. The molecule has 3 aliphatic rings. The lowest BCUT2D eigenvalue weighted by Gasteiger charge is -2.35. The number of ether oxygens (including phenoxy) is 3. The zero-order valence-corrected chi connectivity index (χ0v) is 17.4. The van der Waals surface area contributed by atoms with Crippen molar-refractivity contribution in [2.45, 2.75) is 64.1 Å². The van der Waals surface area contributed by atoms with Gasteiger partial charge in [0.25, 0.3) is 5.92 Å². The molecule has 2 bridgehead atoms. The maximum absolute atomic E-state index is 13.0. The van der Waals surface area contributed by atoms with E-state index in [9.17, 15) is 28.0 Å². The molecule has 30 heavy (non-hydrogen) atoms. The number of carbonyl (C=O) groups is 4. The monoisotopic (exact) mass is 431 g/mol. The number of carbonyl (C=O) groups excluding carboxylic acids is 4. The summed E-state index contributed by atoms with van der Waals surface area (Å²) >= 11 is 0. The molecule has 0 aromatic carbocycles. The van der Waals surface area contributed by atoms with Gasteiger partial charge in [-0.1, -0.05) is 0 Å². The molecule has 0 N–H and O–H groups in total. The van der Waals surface area contributed by atoms with Crippen LogP contribution >= 0.6 is 0 Å². The van der Waals surface area contributed by atoms with Crippen molar-refractivity contribution in [3.63, 3.8) is 0 Å². The van der Waals surface area contributed by atoms with Crippen molar-refractivity contribution >= 4 is 23.8 Å². The number of hydrogen-bond donors (Lipinski definition) is 0. The number of rotatable bonds is 8. The van der Waals surface area contributed by atoms with Crippen LogP contribution in [0.25, 0.3) is 0 Å². The molecule has 6 unspecified atom stereocenters. The van der Waals surface area contributed by atoms with Gasteiger partial charge in [0.1, 0.15) is 6.10 Å². The van der Waals surface area contributed by atoms with E-state index in [2.05, 4.69) is 4.74 Å². The van der Waals surface area contributed by atoms with Crippen molar-refractivity contribution in [1.82, 2.24) is 4.90 Å². The highest BCUT2D eigenvalue weighted by atomic mass is 19.3. The van der Waals surface area contributed by atoms with Gasteiger partial charge in [0.2, 0.25) is 5.91 Å². The summed E-state index contributed by atoms with van der Waals surface area (Å²) in [5, 5.41) is 0. The van der Waals surface area contributed by atoms with E-state index < -0.39 is 54.8 Å². The Bertz CT molecular complexity index is 735. The summed E-state index contributed by atoms with van der Waals surface area (Å²) in [6, 6.07) is -0.444. The summed E-state index contributed by atoms with van der Waals surface area (Å²) < 4.78 is 40.5. The highest BCUT2D eigenvalue weighted by Crippen LogP contribution is 2.60. The molecule has 2 saturated carbocycles. The predicted molar refractivity (Wildman–Crippen MR) is 97.1 cm³/mol. The minimum absolute atomic E-state index is 0.0939. The fourth-order valence-electron chi connectivity index (χ4n) is 5.26. The SMILES string of the molecule is COC(=O)C1C2CC3C1C(=O)N(C(C)C)C3C2OC(=O)CCC(=O)OCC(C)(F)F. The van der Waals surface area contributed by atoms with Crippen molar-refractivity contribution in [2.75, 3.05) is 13.7 Å². The second-order valence-corrected chi connectivity index (χ2v) is 8.65. The van der Waals surface area contributed by atoms with Crippen molar-refractivity contribution in [3.05, 3.63) is 0 Å². The van der Waals surface area contributed by atoms with E-state index in [0.29, 0.717) is 13.3 Å². The lowest BCUT2D eigenvalue weighted by atomic mass is 9.78. The molecule has 0 radical (unpaired) electrons. The van der Waals surface area contributed by atoms with Crippen LogP contribution in [0.1, 0.15) is 40.0 Å². The van der Waals surface area contributed by atoms with Gasteiger partial charge in [0, 0.05) is 18.9 Å². The molecule has 1 saturated heterocycles. The van der Waals surface area contributed by atoms with Gasteiger partial charge in [-0.3, -0.25) is 19.2 Å². The Morgan fingerprint density at radius 1 is 1.17 bits per heavy atom. The molecule has 8 nitrogen and oxygen atoms in total. The van der Waals surface area contributed by atoms with Crippen LogP contribution in [0.2, 0.25) is 0 Å². The number of amides is 1. The van der Waals surface area contributed by atoms with Crippen LogP contribution in [0.4, 0.5) is 8.78 Å². The van der Waals surface area contributed by atoms with Gasteiger partial charge in [-0.15, -0.1) is 0 Å². The van der Waals surface area contributed by atoms with Gasteiger partial charge < -0.3 is 19.1 Å². The minimum Gasteiger partial charge on any atom is -0.469 e. The Balaban J connectivity index is 1.66. The zero-order valence-electron chi connectivity index (χ0n) is 17.4. The van der Waals surface area contributed by atoms with Crippen LogP contribution in [0.5, 0.6) is 0 Å². The number of hydrogen-bond acceptors (Lipinski definition) is 7. The van der Waals surface area contributed by atoms with Crippen LogP contribution in [0.3, 0.4) is 0 Å². The number of halogens is 2. The molecule has 3 fully saturated rings. The van der Waals surface area contributed by atoms with E-state index in [1.165, 1.54) is 7.11 Å². The fraction of sp³-hybridized carbons (Fsp3) is 0.800. The molecule has 3 rings (SSSR count). The first-order valence-corrected chi connectivity index (χ1v) is 10.1. The summed E-state index contributed by atoms with van der Waals surface area (Å²) in [7, 11) is 1.26. The molecule has 1 heterocycles. The standard InChI is InChI=1S/C20H27F2NO7/c1-9(2)23-16-10-7-11(15(19(27)28-4)14(10)18(23)26)17(16)30-13(25)6-5-12(24)29-8-20(3,21)22/h9-11,14-17H,5-8H2,1-4H3. The molecule has 0 spiro atoms. The van der Waals surface area contributed by atoms with Crippen molar-refractivity contribution in [2.24, 2.45) is 23.7 Å². The number of fused-ring (bicyclic) bond motifs is 1. The van der Waals surface area contributed by atoms with E-state index in [0.717, 1.165) is 0 Å². The lowest BCUT2D eigenvalue weighted by Crippen LogP contribution is -2.48. The normalized spacial score (nSPS) is 32.0. The molecule has 1 amide bonds. The third-order valence-corrected chi connectivity index (χ3v) is 6.23. The van der Waals surface area contributed by atoms with E-state index in [1.54, 1.807) is 4.90 Å². The topological polar surface area (TPSA) is 99.2 Å². The second-order valence-electron chi connectivity index (χ2n) is 8.65. The number of esters is 3. The first-order valence-electron chi connectivity index (χ1n) is 10.1. The van der Waals surface area contributed by atoms with Crippen LogP contribution in [-0.4, -0.2) is 66.5 Å². The first-order chi connectivity index (χ1) is 14.0. The van der Waals surface area contributed by atoms with E-state index in [1.807, 2.05) is 13.8 Å². The molecule has 2 aliphatic carbocycles. The summed E-state index contributed by atoms with van der Waals surface area (Å²) in [4.78, 5) is 50.9. The van der Waals surface area contributed by atoms with E-state index >= 15 is 0 Å². The number of nitrogens with zero attached hydrogens (tertiary/aromatic N) is 1. The van der Waals surface area contributed by atoms with Crippen molar-refractivity contribution < 1.29 is 42.2 Å². The maximum Gasteiger partial charge on any atom is 0.309 e. The van der Waals surface area contributed by atoms with Gasteiger partial charge in [0.15, 0.2) is 6.61 Å². The Labute approximate surface area is 173 Å². The predicted octanol–water partition coefficient (Wildman–Crippen LogP) is 1.55. The highest BCUT2D eigenvalue weighted by molar-refractivity contribution is 5.90.